The van der Waals surface area contributed by atoms with Gasteiger partial charge in [-0.25, -0.2) is 8.42 Å². The van der Waals surface area contributed by atoms with Crippen LogP contribution in [-0.2, 0) is 26.2 Å². The van der Waals surface area contributed by atoms with Crippen LogP contribution < -0.4 is 9.62 Å². The molecule has 2 aromatic carbocycles. The van der Waals surface area contributed by atoms with E-state index in [0.717, 1.165) is 23.1 Å². The number of para-hydroxylation sites is 1. The summed E-state index contributed by atoms with van der Waals surface area (Å²) in [5, 5.41) is 3.02. The number of amides is 2. The van der Waals surface area contributed by atoms with Gasteiger partial charge in [-0.2, -0.15) is 0 Å². The van der Waals surface area contributed by atoms with Gasteiger partial charge in [0, 0.05) is 25.6 Å². The number of anilines is 1. The monoisotopic (exact) mass is 515 g/mol. The van der Waals surface area contributed by atoms with Gasteiger partial charge in [0.1, 0.15) is 6.04 Å². The highest BCUT2D eigenvalue weighted by Crippen LogP contribution is 2.23. The zero-order valence-corrected chi connectivity index (χ0v) is 23.3. The number of aryl methyl sites for hydroxylation is 2. The van der Waals surface area contributed by atoms with Crippen molar-refractivity contribution in [3.63, 3.8) is 0 Å². The van der Waals surface area contributed by atoms with Crippen LogP contribution in [0.25, 0.3) is 0 Å². The summed E-state index contributed by atoms with van der Waals surface area (Å²) in [6.45, 7) is 10.2. The first-order valence-corrected chi connectivity index (χ1v) is 14.5. The van der Waals surface area contributed by atoms with E-state index in [4.69, 9.17) is 0 Å². The maximum Gasteiger partial charge on any atom is 0.243 e. The van der Waals surface area contributed by atoms with Gasteiger partial charge in [0.25, 0.3) is 0 Å². The van der Waals surface area contributed by atoms with Crippen molar-refractivity contribution >= 4 is 27.5 Å². The van der Waals surface area contributed by atoms with E-state index >= 15 is 0 Å². The fourth-order valence-corrected chi connectivity index (χ4v) is 5.18. The van der Waals surface area contributed by atoms with Crippen LogP contribution in [0.5, 0.6) is 0 Å². The Bertz CT molecular complexity index is 1130. The number of nitrogens with zero attached hydrogens (tertiary/aromatic N) is 2. The molecule has 0 heterocycles. The molecule has 0 radical (unpaired) electrons. The Morgan fingerprint density at radius 3 is 2.11 bits per heavy atom. The van der Waals surface area contributed by atoms with Crippen molar-refractivity contribution in [1.82, 2.24) is 10.2 Å². The lowest BCUT2D eigenvalue weighted by Gasteiger charge is -2.32. The van der Waals surface area contributed by atoms with Crippen LogP contribution in [-0.4, -0.2) is 50.0 Å². The van der Waals surface area contributed by atoms with Gasteiger partial charge in [0.2, 0.25) is 21.8 Å². The van der Waals surface area contributed by atoms with Crippen molar-refractivity contribution in [2.45, 2.75) is 78.9 Å². The van der Waals surface area contributed by atoms with Gasteiger partial charge in [-0.3, -0.25) is 13.9 Å². The second-order valence-electron chi connectivity index (χ2n) is 9.42. The average Bonchev–Trinajstić information content (AvgIpc) is 2.82. The SMILES string of the molecule is CC[C@H](C(=O)N[C@@H](C)CC)N(Cc1ccccc1C)C(=O)CCCN(c1ccccc1C)S(C)(=O)=O. The van der Waals surface area contributed by atoms with E-state index in [-0.39, 0.29) is 30.8 Å². The molecule has 0 aliphatic rings. The molecule has 0 aliphatic carbocycles. The molecule has 2 aromatic rings. The molecular weight excluding hydrogens is 474 g/mol. The predicted octanol–water partition coefficient (Wildman–Crippen LogP) is 4.57. The molecule has 0 unspecified atom stereocenters. The van der Waals surface area contributed by atoms with Gasteiger partial charge >= 0.3 is 0 Å². The van der Waals surface area contributed by atoms with Crippen LogP contribution >= 0.6 is 0 Å². The third-order valence-corrected chi connectivity index (χ3v) is 7.71. The zero-order chi connectivity index (χ0) is 26.9. The van der Waals surface area contributed by atoms with E-state index in [0.29, 0.717) is 25.1 Å². The molecule has 2 rings (SSSR count). The number of benzene rings is 2. The minimum Gasteiger partial charge on any atom is -0.352 e. The second kappa shape index (κ2) is 13.4. The Morgan fingerprint density at radius 2 is 1.56 bits per heavy atom. The van der Waals surface area contributed by atoms with Crippen LogP contribution in [0.3, 0.4) is 0 Å². The van der Waals surface area contributed by atoms with E-state index < -0.39 is 16.1 Å². The van der Waals surface area contributed by atoms with Crippen LogP contribution in [0.15, 0.2) is 48.5 Å². The molecule has 0 spiro atoms. The first-order valence-electron chi connectivity index (χ1n) is 12.7. The zero-order valence-electron chi connectivity index (χ0n) is 22.5. The van der Waals surface area contributed by atoms with E-state index in [1.807, 2.05) is 71.0 Å². The molecule has 2 amide bonds. The topological polar surface area (TPSA) is 86.8 Å². The van der Waals surface area contributed by atoms with Crippen molar-refractivity contribution in [2.75, 3.05) is 17.1 Å². The van der Waals surface area contributed by atoms with Gasteiger partial charge in [-0.1, -0.05) is 56.3 Å². The van der Waals surface area contributed by atoms with E-state index in [2.05, 4.69) is 5.32 Å². The predicted molar refractivity (Wildman–Crippen MR) is 146 cm³/mol. The molecule has 0 saturated carbocycles. The molecule has 0 aliphatic heterocycles. The highest BCUT2D eigenvalue weighted by atomic mass is 32.2. The van der Waals surface area contributed by atoms with E-state index in [9.17, 15) is 18.0 Å². The number of sulfonamides is 1. The fraction of sp³-hybridized carbons (Fsp3) is 0.500. The summed E-state index contributed by atoms with van der Waals surface area (Å²) in [5.41, 5.74) is 3.50. The normalized spacial score (nSPS) is 13.1. The number of carbonyl (C=O) groups excluding carboxylic acids is 2. The Hall–Kier alpha value is -2.87. The molecule has 8 heteroatoms. The summed E-state index contributed by atoms with van der Waals surface area (Å²) >= 11 is 0. The van der Waals surface area contributed by atoms with Crippen molar-refractivity contribution < 1.29 is 18.0 Å². The molecule has 0 bridgehead atoms. The van der Waals surface area contributed by atoms with Gasteiger partial charge in [0.05, 0.1) is 11.9 Å². The van der Waals surface area contributed by atoms with Gasteiger partial charge in [0.15, 0.2) is 0 Å². The largest absolute Gasteiger partial charge is 0.352 e. The smallest absolute Gasteiger partial charge is 0.243 e. The van der Waals surface area contributed by atoms with E-state index in [1.165, 1.54) is 10.6 Å². The molecule has 2 atom stereocenters. The average molecular weight is 516 g/mol. The van der Waals surface area contributed by atoms with Crippen LogP contribution in [0.1, 0.15) is 63.1 Å². The number of hydrogen-bond acceptors (Lipinski definition) is 4. The quantitative estimate of drug-likeness (QED) is 0.423. The van der Waals surface area contributed by atoms with E-state index in [1.54, 1.807) is 17.0 Å². The Morgan fingerprint density at radius 1 is 0.944 bits per heavy atom. The highest BCUT2D eigenvalue weighted by molar-refractivity contribution is 7.92. The molecule has 0 aromatic heterocycles. The fourth-order valence-electron chi connectivity index (χ4n) is 4.16. The minimum atomic E-state index is -3.52. The Balaban J connectivity index is 2.25. The third kappa shape index (κ3) is 8.08. The number of carbonyl (C=O) groups is 2. The van der Waals surface area contributed by atoms with Crippen LogP contribution in [0.2, 0.25) is 0 Å². The summed E-state index contributed by atoms with van der Waals surface area (Å²) in [6, 6.07) is 14.6. The van der Waals surface area contributed by atoms with Gasteiger partial charge in [-0.05, 0) is 62.8 Å². The lowest BCUT2D eigenvalue weighted by Crippen LogP contribution is -2.50. The van der Waals surface area contributed by atoms with Crippen molar-refractivity contribution in [2.24, 2.45) is 0 Å². The third-order valence-electron chi connectivity index (χ3n) is 6.53. The standard InChI is InChI=1S/C28H41N3O4S/c1-7-23(5)29-28(33)25(8-2)30(20-24-16-11-9-14-21(24)3)27(32)18-13-19-31(36(6,34)35)26-17-12-10-15-22(26)4/h9-12,14-17,23,25H,7-8,13,18-20H2,1-6H3,(H,29,33)/t23-,25+/m0/s1. The van der Waals surface area contributed by atoms with Crippen molar-refractivity contribution in [3.05, 3.63) is 65.2 Å². The number of rotatable bonds is 13. The lowest BCUT2D eigenvalue weighted by molar-refractivity contribution is -0.141. The highest BCUT2D eigenvalue weighted by Gasteiger charge is 2.29. The molecule has 198 valence electrons. The summed E-state index contributed by atoms with van der Waals surface area (Å²) < 4.78 is 26.4. The van der Waals surface area contributed by atoms with Crippen molar-refractivity contribution in [3.8, 4) is 0 Å². The molecule has 7 nitrogen and oxygen atoms in total. The first kappa shape index (κ1) is 29.4. The molecular formula is C28H41N3O4S. The first-order chi connectivity index (χ1) is 17.0. The Kier molecular flexibility index (Phi) is 11.0. The van der Waals surface area contributed by atoms with Crippen LogP contribution in [0, 0.1) is 13.8 Å². The molecule has 0 fully saturated rings. The number of nitrogens with one attached hydrogen (secondary N) is 1. The summed E-state index contributed by atoms with van der Waals surface area (Å²) in [7, 11) is -3.52. The van der Waals surface area contributed by atoms with Crippen LogP contribution in [0.4, 0.5) is 5.69 Å². The molecule has 36 heavy (non-hydrogen) atoms. The lowest BCUT2D eigenvalue weighted by atomic mass is 10.0. The maximum atomic E-state index is 13.5. The van der Waals surface area contributed by atoms with Gasteiger partial charge in [-0.15, -0.1) is 0 Å². The summed E-state index contributed by atoms with van der Waals surface area (Å²) in [6.07, 6.45) is 2.94. The molecule has 1 N–H and O–H groups in total. The summed E-state index contributed by atoms with van der Waals surface area (Å²) in [4.78, 5) is 28.3. The minimum absolute atomic E-state index is 0.0133. The summed E-state index contributed by atoms with van der Waals surface area (Å²) in [5.74, 6) is -0.325. The molecule has 0 saturated heterocycles. The van der Waals surface area contributed by atoms with Crippen molar-refractivity contribution in [1.29, 1.82) is 0 Å². The Labute approximate surface area is 216 Å². The maximum absolute atomic E-state index is 13.5. The van der Waals surface area contributed by atoms with Gasteiger partial charge < -0.3 is 10.2 Å². The second-order valence-corrected chi connectivity index (χ2v) is 11.3. The number of hydrogen-bond donors (Lipinski definition) is 1.